The number of thioether (sulfide) groups is 1. The second-order valence-corrected chi connectivity index (χ2v) is 21.4. The Kier molecular flexibility index (Phi) is 19.3. The van der Waals surface area contributed by atoms with Crippen molar-refractivity contribution < 1.29 is 57.5 Å². The molecule has 2 amide bonds. The molecule has 3 heterocycles. The highest BCUT2D eigenvalue weighted by atomic mass is 32.2. The normalized spacial score (nSPS) is 32.2. The van der Waals surface area contributed by atoms with Crippen molar-refractivity contribution >= 4 is 33.4 Å². The van der Waals surface area contributed by atoms with E-state index in [-0.39, 0.29) is 64.8 Å². The molecule has 0 bridgehead atoms. The average Bonchev–Trinajstić information content (AvgIpc) is 4.09. The summed E-state index contributed by atoms with van der Waals surface area (Å²) in [6.07, 6.45) is 7.48. The number of allylic oxidation sites excluding steroid dienone is 2. The number of nitrogens with one attached hydrogen (secondary N) is 1. The molecule has 0 aromatic heterocycles. The number of hydrogen-bond donors (Lipinski definition) is 3. The largest absolute Gasteiger partial charge is 0.443 e. The van der Waals surface area contributed by atoms with Gasteiger partial charge in [0.2, 0.25) is 0 Å². The molecule has 352 valence electrons. The minimum atomic E-state index is -0.551. The van der Waals surface area contributed by atoms with Gasteiger partial charge in [0, 0.05) is 60.8 Å². The summed E-state index contributed by atoms with van der Waals surface area (Å²) in [7, 11) is 7.16. The number of carbonyl (C=O) groups excluding carboxylic acids is 2. The molecule has 61 heavy (non-hydrogen) atoms. The molecule has 5 aliphatic rings. The van der Waals surface area contributed by atoms with Crippen LogP contribution in [0.4, 0.5) is 9.59 Å². The predicted molar refractivity (Wildman–Crippen MR) is 240 cm³/mol. The van der Waals surface area contributed by atoms with Crippen molar-refractivity contribution in [3.63, 3.8) is 0 Å². The molecule has 16 heteroatoms. The maximum atomic E-state index is 13.0. The summed E-state index contributed by atoms with van der Waals surface area (Å²) in [6, 6.07) is 0.0679. The number of carbonyl (C=O) groups is 2. The summed E-state index contributed by atoms with van der Waals surface area (Å²) in [4.78, 5) is 27.3. The highest BCUT2D eigenvalue weighted by Crippen LogP contribution is 2.56. The molecule has 5 fully saturated rings. The molecule has 3 aliphatic heterocycles. The van der Waals surface area contributed by atoms with Gasteiger partial charge in [-0.3, -0.25) is 0 Å². The van der Waals surface area contributed by atoms with E-state index in [9.17, 15) is 19.8 Å². The Morgan fingerprint density at radius 1 is 0.902 bits per heavy atom. The molecule has 2 aliphatic carbocycles. The van der Waals surface area contributed by atoms with E-state index in [0.717, 1.165) is 25.7 Å². The van der Waals surface area contributed by atoms with Crippen molar-refractivity contribution in [2.75, 3.05) is 54.3 Å². The van der Waals surface area contributed by atoms with Crippen molar-refractivity contribution in [1.82, 2.24) is 10.2 Å². The molecule has 2 spiro atoms. The maximum Gasteiger partial charge on any atom is 0.410 e. The van der Waals surface area contributed by atoms with Crippen LogP contribution in [0.5, 0.6) is 0 Å². The summed E-state index contributed by atoms with van der Waals surface area (Å²) in [5.41, 5.74) is 0.306. The van der Waals surface area contributed by atoms with Crippen molar-refractivity contribution in [2.45, 2.75) is 178 Å². The molecule has 3 saturated heterocycles. The second kappa shape index (κ2) is 22.6. The van der Waals surface area contributed by atoms with Gasteiger partial charge in [-0.25, -0.2) is 9.59 Å². The molecule has 3 N–H and O–H groups in total. The zero-order chi connectivity index (χ0) is 45.3. The van der Waals surface area contributed by atoms with Crippen molar-refractivity contribution in [1.29, 1.82) is 0 Å². The smallest absolute Gasteiger partial charge is 0.410 e. The number of hydrogen-bond acceptors (Lipinski definition) is 13. The topological polar surface area (TPSA) is 170 Å². The zero-order valence-corrected chi connectivity index (χ0v) is 41.0. The number of amides is 2. The number of aliphatic hydroxyl groups is 2. The van der Waals surface area contributed by atoms with Crippen LogP contribution in [0.25, 0.3) is 0 Å². The first-order chi connectivity index (χ1) is 28.7. The summed E-state index contributed by atoms with van der Waals surface area (Å²) in [5.74, 6) is -0.0609. The molecule has 14 nitrogen and oxygen atoms in total. The van der Waals surface area contributed by atoms with E-state index in [1.165, 1.54) is 22.9 Å². The van der Waals surface area contributed by atoms with Crippen LogP contribution in [-0.2, 0) is 37.7 Å². The number of nitrogens with zero attached hydrogens (tertiary/aromatic N) is 1. The van der Waals surface area contributed by atoms with Gasteiger partial charge in [0.25, 0.3) is 0 Å². The molecule has 8 unspecified atom stereocenters. The Hall–Kier alpha value is -1.52. The maximum absolute atomic E-state index is 13.0. The Morgan fingerprint density at radius 3 is 2.02 bits per heavy atom. The molecule has 13 atom stereocenters. The second-order valence-electron chi connectivity index (χ2n) is 19.5. The number of rotatable bonds is 18. The van der Waals surface area contributed by atoms with Crippen LogP contribution < -0.4 is 5.32 Å². The number of alkyl carbamates (subject to hydrolysis) is 1. The fraction of sp³-hybridized carbons (Fsp3) is 0.867. The summed E-state index contributed by atoms with van der Waals surface area (Å²) in [6.45, 7) is 21.0. The fourth-order valence-corrected chi connectivity index (χ4v) is 11.6. The van der Waals surface area contributed by atoms with E-state index in [2.05, 4.69) is 41.6 Å². The van der Waals surface area contributed by atoms with E-state index in [4.69, 9.17) is 37.7 Å². The first-order valence-electron chi connectivity index (χ1n) is 22.1. The van der Waals surface area contributed by atoms with Crippen LogP contribution >= 0.6 is 21.2 Å². The number of likely N-dealkylation sites (tertiary alicyclic amines) is 1. The fourth-order valence-electron chi connectivity index (χ4n) is 9.86. The number of methoxy groups -OCH3 is 3. The molecule has 0 aromatic rings. The van der Waals surface area contributed by atoms with Crippen LogP contribution in [0.15, 0.2) is 23.3 Å². The van der Waals surface area contributed by atoms with Gasteiger partial charge in [0.15, 0.2) is 0 Å². The van der Waals surface area contributed by atoms with Gasteiger partial charge in [-0.1, -0.05) is 44.1 Å². The van der Waals surface area contributed by atoms with Gasteiger partial charge in [-0.05, 0) is 91.9 Å². The molecule has 5 rings (SSSR count). The van der Waals surface area contributed by atoms with Crippen molar-refractivity contribution in [2.24, 2.45) is 17.3 Å². The van der Waals surface area contributed by atoms with Gasteiger partial charge in [-0.2, -0.15) is 0 Å². The van der Waals surface area contributed by atoms with Crippen molar-refractivity contribution in [3.05, 3.63) is 23.3 Å². The van der Waals surface area contributed by atoms with E-state index in [0.29, 0.717) is 58.7 Å². The number of ether oxygens (including phenoxy) is 7. The highest BCUT2D eigenvalue weighted by Gasteiger charge is 2.65. The van der Waals surface area contributed by atoms with Gasteiger partial charge in [-0.15, -0.1) is 11.8 Å². The first kappa shape index (κ1) is 52.1. The molecule has 2 saturated carbocycles. The summed E-state index contributed by atoms with van der Waals surface area (Å²) < 4.78 is 45.8. The number of aliphatic hydroxyl groups excluding tert-OH is 2. The standard InChI is InChI=1S/C24H41NO6.C21H38NO6PS/c1-16(2)9-10-19(26)23(3,4)21-20(29-6)18(11-12-24(21)15-30-24)31-22(27)25-13-7-8-17(25)14-28-5;1-13(2)7-8-16(23)30-14(3)17-18(25-6)15(9-10-21(17)12-26-21)28-19(24)22-20(4,5)11-27-29/h9,17-21,26H,7-8,10-15H2,1-6H3;7,14-18,23H,8-12,29H2,1-6H3,(H,22,24)/t17-,18?,19+,20?,21?,24-;14?,15?,16-,17?,18?,21-/m00/s1. The van der Waals surface area contributed by atoms with Crippen LogP contribution in [0.2, 0.25) is 0 Å². The van der Waals surface area contributed by atoms with E-state index in [1.807, 2.05) is 47.6 Å². The van der Waals surface area contributed by atoms with Crippen LogP contribution in [0.3, 0.4) is 0 Å². The lowest BCUT2D eigenvalue weighted by atomic mass is 9.60. The minimum absolute atomic E-state index is 0.0174. The van der Waals surface area contributed by atoms with Crippen LogP contribution in [0, 0.1) is 17.3 Å². The molecular weight excluding hydrogens is 824 g/mol. The molecular formula is C45H79N2O12PS. The van der Waals surface area contributed by atoms with E-state index >= 15 is 0 Å². The Morgan fingerprint density at radius 2 is 1.48 bits per heavy atom. The van der Waals surface area contributed by atoms with Gasteiger partial charge in [0.05, 0.1) is 55.3 Å². The third-order valence-electron chi connectivity index (χ3n) is 13.2. The number of epoxide rings is 2. The third-order valence-corrected chi connectivity index (χ3v) is 14.6. The SMILES string of the molecule is COC1C(OC(=O)NC(C)(C)COP)CC[C@]2(CO2)C1C(C)S[C@H](O)CC=C(C)C.COC[C@@H]1CCCN1C(=O)OC1CC[C@]2(CO2)C(C(C)(C)[C@H](O)CC=C(C)C)C1OC. The third kappa shape index (κ3) is 13.7. The lowest BCUT2D eigenvalue weighted by molar-refractivity contribution is -0.156. The monoisotopic (exact) mass is 903 g/mol. The van der Waals surface area contributed by atoms with Gasteiger partial charge < -0.3 is 58.1 Å². The Balaban J connectivity index is 0.000000269. The zero-order valence-electron chi connectivity index (χ0n) is 39.0. The van der Waals surface area contributed by atoms with Gasteiger partial charge in [0.1, 0.15) is 29.9 Å². The summed E-state index contributed by atoms with van der Waals surface area (Å²) in [5, 5.41) is 24.5. The average molecular weight is 903 g/mol. The van der Waals surface area contributed by atoms with E-state index < -0.39 is 28.6 Å². The Bertz CT molecular complexity index is 1480. The predicted octanol–water partition coefficient (Wildman–Crippen LogP) is 7.20. The van der Waals surface area contributed by atoms with E-state index in [1.54, 1.807) is 26.2 Å². The highest BCUT2D eigenvalue weighted by molar-refractivity contribution is 8.00. The van der Waals surface area contributed by atoms with Crippen molar-refractivity contribution in [3.8, 4) is 0 Å². The van der Waals surface area contributed by atoms with Crippen LogP contribution in [0.1, 0.15) is 114 Å². The van der Waals surface area contributed by atoms with Gasteiger partial charge >= 0.3 is 12.2 Å². The molecule has 0 aromatic carbocycles. The quantitative estimate of drug-likeness (QED) is 0.0547. The summed E-state index contributed by atoms with van der Waals surface area (Å²) >= 11 is 1.52. The molecule has 0 radical (unpaired) electrons. The minimum Gasteiger partial charge on any atom is -0.443 e. The van der Waals surface area contributed by atoms with Crippen LogP contribution in [-0.4, -0.2) is 146 Å². The Labute approximate surface area is 372 Å². The lowest BCUT2D eigenvalue weighted by Crippen LogP contribution is -2.58. The lowest BCUT2D eigenvalue weighted by Gasteiger charge is -2.49. The first-order valence-corrected chi connectivity index (χ1v) is 23.5.